The van der Waals surface area contributed by atoms with Crippen LogP contribution in [0.4, 0.5) is 9.18 Å². The molecule has 2 N–H and O–H groups in total. The molecule has 1 aliphatic rings. The molecule has 2 aromatic carbocycles. The quantitative estimate of drug-likeness (QED) is 0.852. The lowest BCUT2D eigenvalue weighted by Crippen LogP contribution is -2.37. The SMILES string of the molecule is O=C(NOCc1ccccc1)NC1CCc2cc(F)ccc21. The molecular formula is C17H17FN2O2. The summed E-state index contributed by atoms with van der Waals surface area (Å²) in [5.41, 5.74) is 5.28. The van der Waals surface area contributed by atoms with Gasteiger partial charge in [0.15, 0.2) is 0 Å². The Labute approximate surface area is 128 Å². The van der Waals surface area contributed by atoms with Gasteiger partial charge in [-0.25, -0.2) is 14.7 Å². The van der Waals surface area contributed by atoms with E-state index in [-0.39, 0.29) is 11.9 Å². The molecule has 0 aromatic heterocycles. The Morgan fingerprint density at radius 1 is 1.23 bits per heavy atom. The van der Waals surface area contributed by atoms with Crippen molar-refractivity contribution in [1.29, 1.82) is 0 Å². The van der Waals surface area contributed by atoms with Crippen molar-refractivity contribution in [2.24, 2.45) is 0 Å². The molecule has 5 heteroatoms. The van der Waals surface area contributed by atoms with Gasteiger partial charge in [0, 0.05) is 0 Å². The van der Waals surface area contributed by atoms with Crippen molar-refractivity contribution in [1.82, 2.24) is 10.8 Å². The van der Waals surface area contributed by atoms with E-state index in [1.807, 2.05) is 30.3 Å². The van der Waals surface area contributed by atoms with Crippen LogP contribution in [0, 0.1) is 5.82 Å². The molecule has 4 nitrogen and oxygen atoms in total. The molecule has 1 atom stereocenters. The van der Waals surface area contributed by atoms with Crippen molar-refractivity contribution in [2.75, 3.05) is 0 Å². The van der Waals surface area contributed by atoms with E-state index in [1.165, 1.54) is 12.1 Å². The number of fused-ring (bicyclic) bond motifs is 1. The third kappa shape index (κ3) is 3.43. The minimum Gasteiger partial charge on any atom is -0.330 e. The standard InChI is InChI=1S/C17H17FN2O2/c18-14-7-8-15-13(10-14)6-9-16(15)19-17(21)20-22-11-12-4-2-1-3-5-12/h1-5,7-8,10,16H,6,9,11H2,(H2,19,20,21). The summed E-state index contributed by atoms with van der Waals surface area (Å²) in [5, 5.41) is 2.84. The number of aryl methyl sites for hydroxylation is 1. The lowest BCUT2D eigenvalue weighted by molar-refractivity contribution is 0.0481. The second-order valence-electron chi connectivity index (χ2n) is 5.28. The van der Waals surface area contributed by atoms with Gasteiger partial charge in [-0.1, -0.05) is 36.4 Å². The van der Waals surface area contributed by atoms with E-state index in [1.54, 1.807) is 6.07 Å². The summed E-state index contributed by atoms with van der Waals surface area (Å²) in [6, 6.07) is 13.8. The number of nitrogens with one attached hydrogen (secondary N) is 2. The average molecular weight is 300 g/mol. The maximum Gasteiger partial charge on any atom is 0.339 e. The Kier molecular flexibility index (Phi) is 4.34. The number of carbonyl (C=O) groups excluding carboxylic acids is 1. The number of rotatable bonds is 4. The first-order valence-corrected chi connectivity index (χ1v) is 7.23. The summed E-state index contributed by atoms with van der Waals surface area (Å²) in [6.07, 6.45) is 1.54. The van der Waals surface area contributed by atoms with Crippen molar-refractivity contribution < 1.29 is 14.0 Å². The molecule has 0 spiro atoms. The molecule has 1 unspecified atom stereocenters. The molecular weight excluding hydrogens is 283 g/mol. The van der Waals surface area contributed by atoms with E-state index < -0.39 is 6.03 Å². The van der Waals surface area contributed by atoms with Crippen LogP contribution in [0.1, 0.15) is 29.2 Å². The van der Waals surface area contributed by atoms with Gasteiger partial charge < -0.3 is 5.32 Å². The van der Waals surface area contributed by atoms with Gasteiger partial charge in [-0.05, 0) is 41.7 Å². The number of hydrogen-bond acceptors (Lipinski definition) is 2. The largest absolute Gasteiger partial charge is 0.339 e. The van der Waals surface area contributed by atoms with Gasteiger partial charge in [0.2, 0.25) is 0 Å². The molecule has 0 bridgehead atoms. The molecule has 0 aliphatic heterocycles. The smallest absolute Gasteiger partial charge is 0.330 e. The first-order valence-electron chi connectivity index (χ1n) is 7.23. The van der Waals surface area contributed by atoms with E-state index in [9.17, 15) is 9.18 Å². The Hall–Kier alpha value is -2.40. The Bertz CT molecular complexity index is 661. The number of hydrogen-bond donors (Lipinski definition) is 2. The molecule has 2 amide bonds. The van der Waals surface area contributed by atoms with Gasteiger partial charge in [-0.15, -0.1) is 0 Å². The summed E-state index contributed by atoms with van der Waals surface area (Å²) in [5.74, 6) is -0.241. The highest BCUT2D eigenvalue weighted by Gasteiger charge is 2.24. The number of benzene rings is 2. The second-order valence-corrected chi connectivity index (χ2v) is 5.28. The fourth-order valence-corrected chi connectivity index (χ4v) is 2.68. The molecule has 0 radical (unpaired) electrons. The summed E-state index contributed by atoms with van der Waals surface area (Å²) in [6.45, 7) is 0.306. The van der Waals surface area contributed by atoms with Crippen LogP contribution in [0.5, 0.6) is 0 Å². The molecule has 114 valence electrons. The topological polar surface area (TPSA) is 50.4 Å². The van der Waals surface area contributed by atoms with E-state index in [0.717, 1.165) is 29.5 Å². The zero-order valence-electron chi connectivity index (χ0n) is 12.0. The first-order chi connectivity index (χ1) is 10.7. The van der Waals surface area contributed by atoms with Gasteiger partial charge in [0.25, 0.3) is 0 Å². The number of urea groups is 1. The van der Waals surface area contributed by atoms with Gasteiger partial charge in [-0.2, -0.15) is 0 Å². The number of halogens is 1. The van der Waals surface area contributed by atoms with Crippen LogP contribution >= 0.6 is 0 Å². The normalized spacial score (nSPS) is 16.1. The van der Waals surface area contributed by atoms with Gasteiger partial charge in [-0.3, -0.25) is 4.84 Å². The van der Waals surface area contributed by atoms with Crippen molar-refractivity contribution in [3.05, 3.63) is 71.0 Å². The number of amides is 2. The summed E-state index contributed by atoms with van der Waals surface area (Å²) < 4.78 is 13.2. The van der Waals surface area contributed by atoms with Crippen LogP contribution in [0.3, 0.4) is 0 Å². The zero-order chi connectivity index (χ0) is 15.4. The zero-order valence-corrected chi connectivity index (χ0v) is 12.0. The van der Waals surface area contributed by atoms with E-state index in [4.69, 9.17) is 4.84 Å². The number of hydroxylamine groups is 1. The van der Waals surface area contributed by atoms with Crippen LogP contribution in [0.15, 0.2) is 48.5 Å². The molecule has 2 aromatic rings. The van der Waals surface area contributed by atoms with E-state index in [0.29, 0.717) is 6.61 Å². The number of carbonyl (C=O) groups is 1. The van der Waals surface area contributed by atoms with Gasteiger partial charge in [0.1, 0.15) is 5.82 Å². The van der Waals surface area contributed by atoms with Crippen molar-refractivity contribution in [3.8, 4) is 0 Å². The maximum absolute atomic E-state index is 13.2. The minimum absolute atomic E-state index is 0.101. The highest BCUT2D eigenvalue weighted by Crippen LogP contribution is 2.31. The second kappa shape index (κ2) is 6.58. The molecule has 0 saturated heterocycles. The fraction of sp³-hybridized carbons (Fsp3) is 0.235. The van der Waals surface area contributed by atoms with Crippen LogP contribution in [-0.4, -0.2) is 6.03 Å². The third-order valence-electron chi connectivity index (χ3n) is 3.73. The lowest BCUT2D eigenvalue weighted by atomic mass is 10.1. The summed E-state index contributed by atoms with van der Waals surface area (Å²) in [7, 11) is 0. The molecule has 3 rings (SSSR count). The van der Waals surface area contributed by atoms with Gasteiger partial charge >= 0.3 is 6.03 Å². The Morgan fingerprint density at radius 2 is 2.05 bits per heavy atom. The van der Waals surface area contributed by atoms with Crippen molar-refractivity contribution >= 4 is 6.03 Å². The van der Waals surface area contributed by atoms with Crippen molar-refractivity contribution in [2.45, 2.75) is 25.5 Å². The minimum atomic E-state index is -0.391. The highest BCUT2D eigenvalue weighted by atomic mass is 19.1. The Balaban J connectivity index is 1.49. The first kappa shape index (κ1) is 14.5. The predicted octanol–water partition coefficient (Wildman–Crippen LogP) is 3.24. The monoisotopic (exact) mass is 300 g/mol. The van der Waals surface area contributed by atoms with Crippen LogP contribution in [0.2, 0.25) is 0 Å². The van der Waals surface area contributed by atoms with E-state index >= 15 is 0 Å². The Morgan fingerprint density at radius 3 is 2.86 bits per heavy atom. The molecule has 1 aliphatic carbocycles. The van der Waals surface area contributed by atoms with E-state index in [2.05, 4.69) is 10.8 Å². The summed E-state index contributed by atoms with van der Waals surface area (Å²) in [4.78, 5) is 17.0. The molecule has 22 heavy (non-hydrogen) atoms. The van der Waals surface area contributed by atoms with Crippen LogP contribution in [-0.2, 0) is 17.9 Å². The third-order valence-corrected chi connectivity index (χ3v) is 3.73. The molecule has 0 fully saturated rings. The van der Waals surface area contributed by atoms with Crippen molar-refractivity contribution in [3.63, 3.8) is 0 Å². The average Bonchev–Trinajstić information content (AvgIpc) is 2.90. The van der Waals surface area contributed by atoms with Crippen LogP contribution in [0.25, 0.3) is 0 Å². The predicted molar refractivity (Wildman–Crippen MR) is 80.4 cm³/mol. The lowest BCUT2D eigenvalue weighted by Gasteiger charge is -2.14. The molecule has 0 saturated carbocycles. The maximum atomic E-state index is 13.2. The van der Waals surface area contributed by atoms with Crippen LogP contribution < -0.4 is 10.8 Å². The molecule has 0 heterocycles. The van der Waals surface area contributed by atoms with Gasteiger partial charge in [0.05, 0.1) is 12.6 Å². The fourth-order valence-electron chi connectivity index (χ4n) is 2.68. The summed E-state index contributed by atoms with van der Waals surface area (Å²) >= 11 is 0. The highest BCUT2D eigenvalue weighted by molar-refractivity contribution is 5.73.